The molecule has 2 aromatic rings. The van der Waals surface area contributed by atoms with Crippen LogP contribution in [0.2, 0.25) is 0 Å². The van der Waals surface area contributed by atoms with Crippen LogP contribution >= 0.6 is 15.9 Å². The molecule has 2 aromatic carbocycles. The molecule has 116 valence electrons. The zero-order valence-electron chi connectivity index (χ0n) is 12.7. The number of halogens is 1. The average molecular weight is 362 g/mol. The second-order valence-electron chi connectivity index (χ2n) is 5.02. The van der Waals surface area contributed by atoms with Gasteiger partial charge in [0, 0.05) is 16.7 Å². The first-order chi connectivity index (χ1) is 10.7. The summed E-state index contributed by atoms with van der Waals surface area (Å²) < 4.78 is 6.44. The fraction of sp³-hybridized carbons (Fsp3) is 0.278. The van der Waals surface area contributed by atoms with Gasteiger partial charge in [-0.15, -0.1) is 0 Å². The molecule has 0 fully saturated rings. The Morgan fingerprint density at radius 1 is 1.09 bits per heavy atom. The van der Waals surface area contributed by atoms with E-state index in [9.17, 15) is 4.79 Å². The third kappa shape index (κ3) is 4.88. The van der Waals surface area contributed by atoms with E-state index in [-0.39, 0.29) is 6.09 Å². The van der Waals surface area contributed by atoms with E-state index < -0.39 is 0 Å². The van der Waals surface area contributed by atoms with Crippen LogP contribution < -0.4 is 4.90 Å². The predicted molar refractivity (Wildman–Crippen MR) is 93.0 cm³/mol. The van der Waals surface area contributed by atoms with Gasteiger partial charge in [-0.2, -0.15) is 0 Å². The number of ether oxygens (including phenoxy) is 1. The third-order valence-electron chi connectivity index (χ3n) is 3.30. The van der Waals surface area contributed by atoms with Gasteiger partial charge in [-0.05, 0) is 36.2 Å². The summed E-state index contributed by atoms with van der Waals surface area (Å²) in [5, 5.41) is 0. The minimum Gasteiger partial charge on any atom is -0.444 e. The van der Waals surface area contributed by atoms with E-state index in [1.807, 2.05) is 54.6 Å². The Kier molecular flexibility index (Phi) is 6.46. The summed E-state index contributed by atoms with van der Waals surface area (Å²) in [5.41, 5.74) is 1.84. The van der Waals surface area contributed by atoms with Crippen molar-refractivity contribution in [3.05, 3.63) is 64.6 Å². The maximum Gasteiger partial charge on any atom is 0.414 e. The predicted octanol–water partition coefficient (Wildman–Crippen LogP) is 5.39. The molecule has 0 unspecified atom stereocenters. The molecule has 1 amide bonds. The molecule has 0 aromatic heterocycles. The highest BCUT2D eigenvalue weighted by atomic mass is 79.9. The number of benzene rings is 2. The largest absolute Gasteiger partial charge is 0.444 e. The molecule has 0 radical (unpaired) electrons. The zero-order valence-corrected chi connectivity index (χ0v) is 14.3. The lowest BCUT2D eigenvalue weighted by Gasteiger charge is -2.22. The Morgan fingerprint density at radius 3 is 2.41 bits per heavy atom. The van der Waals surface area contributed by atoms with Gasteiger partial charge in [0.1, 0.15) is 6.61 Å². The van der Waals surface area contributed by atoms with Gasteiger partial charge in [-0.3, -0.25) is 4.90 Å². The Labute approximate surface area is 140 Å². The van der Waals surface area contributed by atoms with Gasteiger partial charge >= 0.3 is 6.09 Å². The number of hydrogen-bond acceptors (Lipinski definition) is 2. The van der Waals surface area contributed by atoms with Crippen molar-refractivity contribution in [2.24, 2.45) is 0 Å². The first-order valence-electron chi connectivity index (χ1n) is 7.44. The van der Waals surface area contributed by atoms with E-state index in [1.165, 1.54) is 0 Å². The lowest BCUT2D eigenvalue weighted by molar-refractivity contribution is 0.147. The normalized spacial score (nSPS) is 10.3. The molecular weight excluding hydrogens is 342 g/mol. The van der Waals surface area contributed by atoms with Gasteiger partial charge in [-0.1, -0.05) is 59.6 Å². The van der Waals surface area contributed by atoms with Gasteiger partial charge in [0.15, 0.2) is 0 Å². The maximum absolute atomic E-state index is 12.4. The summed E-state index contributed by atoms with van der Waals surface area (Å²) >= 11 is 3.41. The van der Waals surface area contributed by atoms with Crippen LogP contribution in [0.25, 0.3) is 0 Å². The molecule has 0 saturated carbocycles. The van der Waals surface area contributed by atoms with Crippen LogP contribution in [0.3, 0.4) is 0 Å². The first kappa shape index (κ1) is 16.6. The van der Waals surface area contributed by atoms with Crippen LogP contribution in [0.1, 0.15) is 25.3 Å². The average Bonchev–Trinajstić information content (AvgIpc) is 2.56. The van der Waals surface area contributed by atoms with Crippen molar-refractivity contribution in [2.45, 2.75) is 26.4 Å². The Morgan fingerprint density at radius 2 is 1.77 bits per heavy atom. The molecule has 0 aliphatic rings. The molecule has 0 saturated heterocycles. The molecule has 2 rings (SSSR count). The van der Waals surface area contributed by atoms with E-state index in [2.05, 4.69) is 22.9 Å². The van der Waals surface area contributed by atoms with Gasteiger partial charge in [0.05, 0.1) is 0 Å². The van der Waals surface area contributed by atoms with Crippen LogP contribution in [-0.2, 0) is 11.3 Å². The van der Waals surface area contributed by atoms with Crippen molar-refractivity contribution in [3.8, 4) is 0 Å². The maximum atomic E-state index is 12.4. The van der Waals surface area contributed by atoms with E-state index >= 15 is 0 Å². The highest BCUT2D eigenvalue weighted by Crippen LogP contribution is 2.20. The molecule has 0 N–H and O–H groups in total. The molecule has 0 heterocycles. The number of unbranched alkanes of at least 4 members (excludes halogenated alkanes) is 1. The van der Waals surface area contributed by atoms with Crippen LogP contribution in [0.4, 0.5) is 10.5 Å². The standard InChI is InChI=1S/C18H20BrNO2/c1-2-3-13-20(17-11-9-16(19)10-12-17)18(21)22-14-15-7-5-4-6-8-15/h4-12H,2-3,13-14H2,1H3. The summed E-state index contributed by atoms with van der Waals surface area (Å²) in [6.07, 6.45) is 1.66. The van der Waals surface area contributed by atoms with E-state index in [0.717, 1.165) is 28.6 Å². The first-order valence-corrected chi connectivity index (χ1v) is 8.24. The summed E-state index contributed by atoms with van der Waals surface area (Å²) in [6.45, 7) is 3.06. The molecule has 4 heteroatoms. The molecule has 0 aliphatic carbocycles. The lowest BCUT2D eigenvalue weighted by Crippen LogP contribution is -2.32. The quantitative estimate of drug-likeness (QED) is 0.689. The highest BCUT2D eigenvalue weighted by Gasteiger charge is 2.16. The van der Waals surface area contributed by atoms with Gasteiger partial charge < -0.3 is 4.74 Å². The van der Waals surface area contributed by atoms with Crippen LogP contribution in [0.5, 0.6) is 0 Å². The number of nitrogens with zero attached hydrogens (tertiary/aromatic N) is 1. The van der Waals surface area contributed by atoms with Crippen molar-refractivity contribution in [3.63, 3.8) is 0 Å². The summed E-state index contributed by atoms with van der Waals surface area (Å²) in [5.74, 6) is 0. The van der Waals surface area contributed by atoms with E-state index in [0.29, 0.717) is 13.2 Å². The van der Waals surface area contributed by atoms with Crippen molar-refractivity contribution >= 4 is 27.7 Å². The molecule has 3 nitrogen and oxygen atoms in total. The smallest absolute Gasteiger partial charge is 0.414 e. The molecule has 0 aliphatic heterocycles. The number of carbonyl (C=O) groups excluding carboxylic acids is 1. The van der Waals surface area contributed by atoms with Crippen molar-refractivity contribution < 1.29 is 9.53 Å². The molecule has 0 atom stereocenters. The van der Waals surface area contributed by atoms with Crippen LogP contribution in [0, 0.1) is 0 Å². The summed E-state index contributed by atoms with van der Waals surface area (Å²) in [4.78, 5) is 14.1. The highest BCUT2D eigenvalue weighted by molar-refractivity contribution is 9.10. The Bertz CT molecular complexity index is 584. The fourth-order valence-electron chi connectivity index (χ4n) is 2.06. The van der Waals surface area contributed by atoms with Crippen LogP contribution in [0.15, 0.2) is 59.1 Å². The molecule has 0 bridgehead atoms. The number of carbonyl (C=O) groups is 1. The molecule has 0 spiro atoms. The number of amides is 1. The van der Waals surface area contributed by atoms with E-state index in [4.69, 9.17) is 4.74 Å². The zero-order chi connectivity index (χ0) is 15.8. The fourth-order valence-corrected chi connectivity index (χ4v) is 2.32. The number of rotatable bonds is 6. The minimum atomic E-state index is -0.306. The molecular formula is C18H20BrNO2. The molecule has 22 heavy (non-hydrogen) atoms. The van der Waals surface area contributed by atoms with E-state index in [1.54, 1.807) is 4.90 Å². The van der Waals surface area contributed by atoms with Crippen LogP contribution in [-0.4, -0.2) is 12.6 Å². The van der Waals surface area contributed by atoms with Crippen molar-refractivity contribution in [2.75, 3.05) is 11.4 Å². The lowest BCUT2D eigenvalue weighted by atomic mass is 10.2. The van der Waals surface area contributed by atoms with Gasteiger partial charge in [0.2, 0.25) is 0 Å². The Balaban J connectivity index is 2.04. The van der Waals surface area contributed by atoms with Crippen molar-refractivity contribution in [1.29, 1.82) is 0 Å². The summed E-state index contributed by atoms with van der Waals surface area (Å²) in [7, 11) is 0. The van der Waals surface area contributed by atoms with Gasteiger partial charge in [0.25, 0.3) is 0 Å². The second-order valence-corrected chi connectivity index (χ2v) is 5.94. The second kappa shape index (κ2) is 8.59. The minimum absolute atomic E-state index is 0.291. The van der Waals surface area contributed by atoms with Crippen molar-refractivity contribution in [1.82, 2.24) is 0 Å². The third-order valence-corrected chi connectivity index (χ3v) is 3.83. The van der Waals surface area contributed by atoms with Gasteiger partial charge in [-0.25, -0.2) is 4.79 Å². The monoisotopic (exact) mass is 361 g/mol. The topological polar surface area (TPSA) is 29.5 Å². The summed E-state index contributed by atoms with van der Waals surface area (Å²) in [6, 6.07) is 17.4. The SMILES string of the molecule is CCCCN(C(=O)OCc1ccccc1)c1ccc(Br)cc1. The number of hydrogen-bond donors (Lipinski definition) is 0. The Hall–Kier alpha value is -1.81. The number of anilines is 1.